The number of hydrogen-bond acceptors (Lipinski definition) is 2. The van der Waals surface area contributed by atoms with E-state index in [0.717, 1.165) is 18.6 Å². The Balaban J connectivity index is 2.28. The Labute approximate surface area is 121 Å². The average molecular weight is 295 g/mol. The second-order valence-electron chi connectivity index (χ2n) is 4.80. The number of rotatable bonds is 5. The maximum Gasteiger partial charge on any atom is 0.162 e. The van der Waals surface area contributed by atoms with Gasteiger partial charge in [-0.3, -0.25) is 0 Å². The fraction of sp³-hybridized carbons (Fsp3) is 0.250. The third kappa shape index (κ3) is 3.98. The van der Waals surface area contributed by atoms with Gasteiger partial charge in [-0.1, -0.05) is 6.92 Å². The Morgan fingerprint density at radius 3 is 2.48 bits per heavy atom. The average Bonchev–Trinajstić information content (AvgIpc) is 2.45. The van der Waals surface area contributed by atoms with Crippen LogP contribution in [0, 0.1) is 17.5 Å². The van der Waals surface area contributed by atoms with Crippen LogP contribution in [0.3, 0.4) is 0 Å². The normalized spacial score (nSPS) is 12.2. The minimum Gasteiger partial charge on any atom is -0.457 e. The van der Waals surface area contributed by atoms with E-state index in [1.807, 2.05) is 6.92 Å². The van der Waals surface area contributed by atoms with Crippen molar-refractivity contribution in [1.82, 2.24) is 0 Å². The van der Waals surface area contributed by atoms with Crippen LogP contribution < -0.4 is 10.5 Å². The third-order valence-electron chi connectivity index (χ3n) is 3.15. The Hall–Kier alpha value is -2.01. The summed E-state index contributed by atoms with van der Waals surface area (Å²) < 4.78 is 44.9. The molecule has 1 unspecified atom stereocenters. The smallest absolute Gasteiger partial charge is 0.162 e. The Morgan fingerprint density at radius 1 is 1.05 bits per heavy atom. The summed E-state index contributed by atoms with van der Waals surface area (Å²) in [5, 5.41) is 0. The van der Waals surface area contributed by atoms with Crippen molar-refractivity contribution in [3.05, 3.63) is 59.4 Å². The van der Waals surface area contributed by atoms with Gasteiger partial charge in [0.05, 0.1) is 0 Å². The molecule has 2 rings (SSSR count). The van der Waals surface area contributed by atoms with Crippen molar-refractivity contribution < 1.29 is 17.9 Å². The lowest BCUT2D eigenvalue weighted by atomic mass is 10.0. The van der Waals surface area contributed by atoms with Crippen molar-refractivity contribution in [2.45, 2.75) is 25.8 Å². The number of benzene rings is 2. The molecule has 2 aromatic rings. The number of hydrogen-bond donors (Lipinski definition) is 1. The summed E-state index contributed by atoms with van der Waals surface area (Å²) in [6, 6.07) is 7.15. The molecular weight excluding hydrogens is 279 g/mol. The molecule has 1 atom stereocenters. The van der Waals surface area contributed by atoms with E-state index in [1.54, 1.807) is 0 Å². The lowest BCUT2D eigenvalue weighted by Gasteiger charge is -2.14. The summed E-state index contributed by atoms with van der Waals surface area (Å²) in [7, 11) is 0. The first-order chi connectivity index (χ1) is 9.99. The van der Waals surface area contributed by atoms with Gasteiger partial charge in [0, 0.05) is 12.1 Å². The van der Waals surface area contributed by atoms with E-state index < -0.39 is 17.5 Å². The molecule has 0 aliphatic heterocycles. The van der Waals surface area contributed by atoms with Crippen molar-refractivity contribution in [2.24, 2.45) is 5.73 Å². The largest absolute Gasteiger partial charge is 0.457 e. The summed E-state index contributed by atoms with van der Waals surface area (Å²) in [5.41, 5.74) is 6.47. The predicted octanol–water partition coefficient (Wildman–Crippen LogP) is 4.18. The maximum absolute atomic E-state index is 13.4. The van der Waals surface area contributed by atoms with E-state index in [2.05, 4.69) is 0 Å². The monoisotopic (exact) mass is 295 g/mol. The van der Waals surface area contributed by atoms with Crippen molar-refractivity contribution in [3.8, 4) is 11.5 Å². The molecule has 0 saturated carbocycles. The van der Waals surface area contributed by atoms with Crippen LogP contribution in [0.4, 0.5) is 13.2 Å². The SMILES string of the molecule is CCC(N)Cc1cc(F)ccc1Oc1ccc(F)c(F)c1. The van der Waals surface area contributed by atoms with E-state index in [4.69, 9.17) is 10.5 Å². The topological polar surface area (TPSA) is 35.2 Å². The molecule has 21 heavy (non-hydrogen) atoms. The molecule has 0 amide bonds. The van der Waals surface area contributed by atoms with Crippen LogP contribution >= 0.6 is 0 Å². The maximum atomic E-state index is 13.4. The molecule has 0 bridgehead atoms. The van der Waals surface area contributed by atoms with E-state index in [0.29, 0.717) is 17.7 Å². The first-order valence-electron chi connectivity index (χ1n) is 6.66. The molecule has 2 nitrogen and oxygen atoms in total. The molecule has 0 radical (unpaired) electrons. The summed E-state index contributed by atoms with van der Waals surface area (Å²) in [6.07, 6.45) is 1.17. The Kier molecular flexibility index (Phi) is 4.85. The molecule has 0 aliphatic carbocycles. The van der Waals surface area contributed by atoms with Gasteiger partial charge in [0.1, 0.15) is 17.3 Å². The highest BCUT2D eigenvalue weighted by molar-refractivity contribution is 5.39. The summed E-state index contributed by atoms with van der Waals surface area (Å²) >= 11 is 0. The van der Waals surface area contributed by atoms with Gasteiger partial charge in [-0.15, -0.1) is 0 Å². The van der Waals surface area contributed by atoms with Crippen molar-refractivity contribution in [1.29, 1.82) is 0 Å². The highest BCUT2D eigenvalue weighted by atomic mass is 19.2. The van der Waals surface area contributed by atoms with Crippen LogP contribution in [-0.2, 0) is 6.42 Å². The lowest BCUT2D eigenvalue weighted by molar-refractivity contribution is 0.453. The molecule has 2 aromatic carbocycles. The van der Waals surface area contributed by atoms with Gasteiger partial charge >= 0.3 is 0 Å². The summed E-state index contributed by atoms with van der Waals surface area (Å²) in [6.45, 7) is 1.93. The first kappa shape index (κ1) is 15.4. The highest BCUT2D eigenvalue weighted by Gasteiger charge is 2.11. The lowest BCUT2D eigenvalue weighted by Crippen LogP contribution is -2.21. The van der Waals surface area contributed by atoms with Gasteiger partial charge in [-0.25, -0.2) is 13.2 Å². The van der Waals surface area contributed by atoms with Crippen LogP contribution in [0.15, 0.2) is 36.4 Å². The van der Waals surface area contributed by atoms with Gasteiger partial charge in [-0.2, -0.15) is 0 Å². The Bertz CT molecular complexity index is 631. The van der Waals surface area contributed by atoms with Crippen LogP contribution in [0.1, 0.15) is 18.9 Å². The third-order valence-corrected chi connectivity index (χ3v) is 3.15. The second kappa shape index (κ2) is 6.63. The molecule has 5 heteroatoms. The van der Waals surface area contributed by atoms with Crippen LogP contribution in [0.25, 0.3) is 0 Å². The number of ether oxygens (including phenoxy) is 1. The molecule has 2 N–H and O–H groups in total. The van der Waals surface area contributed by atoms with Gasteiger partial charge < -0.3 is 10.5 Å². The number of nitrogens with two attached hydrogens (primary N) is 1. The molecule has 0 saturated heterocycles. The Morgan fingerprint density at radius 2 is 1.81 bits per heavy atom. The second-order valence-corrected chi connectivity index (χ2v) is 4.80. The molecular formula is C16H16F3NO. The fourth-order valence-electron chi connectivity index (χ4n) is 1.90. The van der Waals surface area contributed by atoms with Crippen LogP contribution in [0.5, 0.6) is 11.5 Å². The highest BCUT2D eigenvalue weighted by Crippen LogP contribution is 2.28. The molecule has 112 valence electrons. The van der Waals surface area contributed by atoms with E-state index in [9.17, 15) is 13.2 Å². The number of halogens is 3. The van der Waals surface area contributed by atoms with Gasteiger partial charge in [0.2, 0.25) is 0 Å². The van der Waals surface area contributed by atoms with Crippen molar-refractivity contribution in [2.75, 3.05) is 0 Å². The standard InChI is InChI=1S/C16H16F3NO/c1-2-12(20)8-10-7-11(17)3-6-16(10)21-13-4-5-14(18)15(19)9-13/h3-7,9,12H,2,8,20H2,1H3. The minimum atomic E-state index is -0.999. The van der Waals surface area contributed by atoms with Crippen molar-refractivity contribution in [3.63, 3.8) is 0 Å². The van der Waals surface area contributed by atoms with Gasteiger partial charge in [-0.05, 0) is 48.7 Å². The van der Waals surface area contributed by atoms with Crippen LogP contribution in [-0.4, -0.2) is 6.04 Å². The molecule has 0 fully saturated rings. The molecule has 0 spiro atoms. The van der Waals surface area contributed by atoms with Crippen molar-refractivity contribution >= 4 is 0 Å². The van der Waals surface area contributed by atoms with Gasteiger partial charge in [0.25, 0.3) is 0 Å². The van der Waals surface area contributed by atoms with Crippen LogP contribution in [0.2, 0.25) is 0 Å². The first-order valence-corrected chi connectivity index (χ1v) is 6.66. The molecule has 0 heterocycles. The van der Waals surface area contributed by atoms with Gasteiger partial charge in [0.15, 0.2) is 11.6 Å². The van der Waals surface area contributed by atoms with E-state index in [1.165, 1.54) is 24.3 Å². The molecule has 0 aromatic heterocycles. The zero-order valence-electron chi connectivity index (χ0n) is 11.6. The minimum absolute atomic E-state index is 0.126. The summed E-state index contributed by atoms with van der Waals surface area (Å²) in [4.78, 5) is 0. The van der Waals surface area contributed by atoms with E-state index >= 15 is 0 Å². The summed E-state index contributed by atoms with van der Waals surface area (Å²) in [5.74, 6) is -1.82. The fourth-order valence-corrected chi connectivity index (χ4v) is 1.90. The zero-order valence-corrected chi connectivity index (χ0v) is 11.6. The molecule has 0 aliphatic rings. The quantitative estimate of drug-likeness (QED) is 0.898. The predicted molar refractivity (Wildman–Crippen MR) is 74.8 cm³/mol. The van der Waals surface area contributed by atoms with E-state index in [-0.39, 0.29) is 11.8 Å². The zero-order chi connectivity index (χ0) is 15.4.